The highest BCUT2D eigenvalue weighted by Gasteiger charge is 2.30. The maximum Gasteiger partial charge on any atom is 0.164 e. The van der Waals surface area contributed by atoms with Crippen molar-refractivity contribution in [2.24, 2.45) is 11.8 Å². The van der Waals surface area contributed by atoms with Gasteiger partial charge >= 0.3 is 0 Å². The van der Waals surface area contributed by atoms with Crippen molar-refractivity contribution in [2.45, 2.75) is 60.7 Å². The number of benzene rings is 2. The van der Waals surface area contributed by atoms with Gasteiger partial charge in [-0.15, -0.1) is 11.6 Å². The van der Waals surface area contributed by atoms with Gasteiger partial charge in [-0.25, -0.2) is 26.8 Å². The van der Waals surface area contributed by atoms with Gasteiger partial charge in [0.1, 0.15) is 22.1 Å². The fourth-order valence-corrected chi connectivity index (χ4v) is 5.13. The number of fused-ring (bicyclic) bond motifs is 2. The fourth-order valence-electron chi connectivity index (χ4n) is 3.49. The van der Waals surface area contributed by atoms with Crippen LogP contribution in [0.15, 0.2) is 21.4 Å². The van der Waals surface area contributed by atoms with Crippen LogP contribution in [0.2, 0.25) is 19.6 Å². The van der Waals surface area contributed by atoms with E-state index in [9.17, 15) is 17.6 Å². The molecule has 0 bridgehead atoms. The normalized spacial score (nSPS) is 11.1. The number of alkyl halides is 1. The molecule has 0 saturated heterocycles. The Morgan fingerprint density at radius 2 is 1.17 bits per heavy atom. The summed E-state index contributed by atoms with van der Waals surface area (Å²) in [6, 6.07) is 1.86. The molecule has 0 spiro atoms. The van der Waals surface area contributed by atoms with Crippen LogP contribution in [0.4, 0.5) is 17.6 Å². The number of aromatic nitrogens is 4. The van der Waals surface area contributed by atoms with Crippen molar-refractivity contribution in [1.82, 2.24) is 20.6 Å². The molecule has 0 unspecified atom stereocenters. The molecule has 0 N–H and O–H groups in total. The highest BCUT2D eigenvalue weighted by molar-refractivity contribution is 6.90. The maximum absolute atomic E-state index is 13.9. The van der Waals surface area contributed by atoms with Gasteiger partial charge in [0, 0.05) is 29.3 Å². The minimum Gasteiger partial charge on any atom is -0.243 e. The van der Waals surface area contributed by atoms with E-state index < -0.39 is 31.3 Å². The fraction of sp³-hybridized carbons (Fsp3) is 0.500. The number of aryl methyl sites for hydroxylation is 1. The molecule has 36 heavy (non-hydrogen) atoms. The van der Waals surface area contributed by atoms with E-state index >= 15 is 0 Å². The van der Waals surface area contributed by atoms with E-state index in [2.05, 4.69) is 69.2 Å². The van der Waals surface area contributed by atoms with Gasteiger partial charge in [0.25, 0.3) is 0 Å². The second kappa shape index (κ2) is 13.7. The van der Waals surface area contributed by atoms with Crippen molar-refractivity contribution in [3.05, 3.63) is 41.0 Å². The number of halogens is 5. The molecule has 0 atom stereocenters. The predicted molar refractivity (Wildman–Crippen MR) is 137 cm³/mol. The molecule has 6 nitrogen and oxygen atoms in total. The quantitative estimate of drug-likeness (QED) is 0.151. The average Bonchev–Trinajstić information content (AvgIpc) is 3.42. The standard InChI is InChI=1S/C10H12F2N2OSi.C7H16.C6H2F2N2O.CH3Cl/c1-5-6(11)7(12)10(16(2,3)4)9-8(5)13-15-14-9;1-6(2)5-7(3)4;7-3-1-5-6(2-4(3)8)10-11-9-5;1-2/h1-4H3;6-7H,5H2,1-4H3;1-2H;1H3. The lowest BCUT2D eigenvalue weighted by Crippen LogP contribution is -2.41. The van der Waals surface area contributed by atoms with Gasteiger partial charge in [-0.05, 0) is 45.8 Å². The molecule has 4 rings (SSSR count). The Balaban J connectivity index is 0.000000282. The SMILES string of the molecule is CC(C)CC(C)C.CCl.Cc1c(F)c(F)c([Si](C)(C)C)c2nonc12.Fc1cc2nonc2cc1F. The third kappa shape index (κ3) is 8.26. The van der Waals surface area contributed by atoms with E-state index in [-0.39, 0.29) is 16.6 Å². The van der Waals surface area contributed by atoms with Gasteiger partial charge in [-0.2, -0.15) is 0 Å². The maximum atomic E-state index is 13.9. The van der Waals surface area contributed by atoms with Gasteiger partial charge in [0.15, 0.2) is 23.3 Å². The van der Waals surface area contributed by atoms with Gasteiger partial charge in [0.05, 0.1) is 8.07 Å². The van der Waals surface area contributed by atoms with Gasteiger partial charge < -0.3 is 0 Å². The summed E-state index contributed by atoms with van der Waals surface area (Å²) in [5, 5.41) is 14.3. The molecule has 4 aromatic rings. The summed E-state index contributed by atoms with van der Waals surface area (Å²) in [4.78, 5) is 0. The van der Waals surface area contributed by atoms with Crippen LogP contribution in [0.3, 0.4) is 0 Å². The van der Waals surface area contributed by atoms with E-state index in [0.717, 1.165) is 24.0 Å². The highest BCUT2D eigenvalue weighted by Crippen LogP contribution is 2.22. The molecule has 12 heteroatoms. The molecule has 2 heterocycles. The van der Waals surface area contributed by atoms with Crippen molar-refractivity contribution in [2.75, 3.05) is 6.38 Å². The van der Waals surface area contributed by atoms with E-state index in [0.29, 0.717) is 16.2 Å². The van der Waals surface area contributed by atoms with Crippen LogP contribution in [0.1, 0.15) is 39.7 Å². The number of hydrogen-bond acceptors (Lipinski definition) is 6. The van der Waals surface area contributed by atoms with E-state index in [4.69, 9.17) is 0 Å². The lowest BCUT2D eigenvalue weighted by Gasteiger charge is -2.18. The first kappa shape index (κ1) is 31.5. The lowest BCUT2D eigenvalue weighted by molar-refractivity contribution is 0.315. The summed E-state index contributed by atoms with van der Waals surface area (Å²) >= 11 is 4.64. The second-order valence-electron chi connectivity index (χ2n) is 9.88. The summed E-state index contributed by atoms with van der Waals surface area (Å²) in [5.41, 5.74) is 1.25. The smallest absolute Gasteiger partial charge is 0.164 e. The van der Waals surface area contributed by atoms with Crippen molar-refractivity contribution in [3.63, 3.8) is 0 Å². The molecule has 0 fully saturated rings. The molecule has 0 aliphatic carbocycles. The number of hydrogen-bond donors (Lipinski definition) is 0. The molecule has 0 amide bonds. The molecule has 0 aliphatic rings. The largest absolute Gasteiger partial charge is 0.243 e. The van der Waals surface area contributed by atoms with Crippen LogP contribution in [-0.4, -0.2) is 35.1 Å². The summed E-state index contributed by atoms with van der Waals surface area (Å²) in [6.07, 6.45) is 2.83. The van der Waals surface area contributed by atoms with Gasteiger partial charge in [-0.3, -0.25) is 0 Å². The second-order valence-corrected chi connectivity index (χ2v) is 14.9. The van der Waals surface area contributed by atoms with Crippen molar-refractivity contribution < 1.29 is 26.8 Å². The zero-order chi connectivity index (χ0) is 27.8. The molecule has 2 aromatic carbocycles. The Labute approximate surface area is 214 Å². The van der Waals surface area contributed by atoms with Crippen LogP contribution in [0.25, 0.3) is 22.1 Å². The predicted octanol–water partition coefficient (Wildman–Crippen LogP) is 7.40. The summed E-state index contributed by atoms with van der Waals surface area (Å²) in [6.45, 7) is 16.3. The van der Waals surface area contributed by atoms with E-state index in [1.807, 2.05) is 19.6 Å². The monoisotopic (exact) mass is 548 g/mol. The molecule has 200 valence electrons. The molecule has 0 aliphatic heterocycles. The van der Waals surface area contributed by atoms with Crippen LogP contribution >= 0.6 is 11.6 Å². The van der Waals surface area contributed by atoms with Gasteiger partial charge in [0.2, 0.25) is 0 Å². The lowest BCUT2D eigenvalue weighted by atomic mass is 10.0. The summed E-state index contributed by atoms with van der Waals surface area (Å²) < 4.78 is 61.3. The van der Waals surface area contributed by atoms with Crippen molar-refractivity contribution >= 4 is 46.9 Å². The first-order valence-corrected chi connectivity index (χ1v) is 15.5. The Hall–Kier alpha value is -2.53. The van der Waals surface area contributed by atoms with E-state index in [1.165, 1.54) is 19.7 Å². The Kier molecular flexibility index (Phi) is 12.0. The van der Waals surface area contributed by atoms with Crippen LogP contribution in [0.5, 0.6) is 0 Å². The molecule has 0 radical (unpaired) electrons. The van der Waals surface area contributed by atoms with Crippen LogP contribution in [0, 0.1) is 42.0 Å². The molecule has 0 saturated carbocycles. The average molecular weight is 549 g/mol. The zero-order valence-corrected chi connectivity index (χ0v) is 23.8. The van der Waals surface area contributed by atoms with Crippen molar-refractivity contribution in [1.29, 1.82) is 0 Å². The number of nitrogens with zero attached hydrogens (tertiary/aromatic N) is 4. The molecule has 2 aromatic heterocycles. The first-order chi connectivity index (χ1) is 16.7. The van der Waals surface area contributed by atoms with E-state index in [1.54, 1.807) is 0 Å². The number of rotatable bonds is 3. The van der Waals surface area contributed by atoms with Crippen molar-refractivity contribution in [3.8, 4) is 0 Å². The van der Waals surface area contributed by atoms with Crippen LogP contribution in [-0.2, 0) is 0 Å². The highest BCUT2D eigenvalue weighted by atomic mass is 35.5. The topological polar surface area (TPSA) is 77.8 Å². The zero-order valence-electron chi connectivity index (χ0n) is 22.0. The Morgan fingerprint density at radius 3 is 1.56 bits per heavy atom. The minimum absolute atomic E-state index is 0.149. The first-order valence-electron chi connectivity index (χ1n) is 11.3. The van der Waals surface area contributed by atoms with Gasteiger partial charge in [-0.1, -0.05) is 47.3 Å². The molecular formula is C24H33ClF4N4O2Si. The van der Waals surface area contributed by atoms with Crippen LogP contribution < -0.4 is 5.19 Å². The third-order valence-corrected chi connectivity index (χ3v) is 6.77. The third-order valence-electron chi connectivity index (χ3n) is 4.81. The molecular weight excluding hydrogens is 516 g/mol. The minimum atomic E-state index is -2.04. The summed E-state index contributed by atoms with van der Waals surface area (Å²) in [5.74, 6) is -1.80. The Morgan fingerprint density at radius 1 is 0.750 bits per heavy atom. The summed E-state index contributed by atoms with van der Waals surface area (Å²) in [7, 11) is -2.04. The Bertz CT molecular complexity index is 1210.